The summed E-state index contributed by atoms with van der Waals surface area (Å²) in [5.41, 5.74) is 0.842. The van der Waals surface area contributed by atoms with Crippen molar-refractivity contribution < 1.29 is 28.2 Å². The number of carbonyl (C=O) groups excluding carboxylic acids is 1. The van der Waals surface area contributed by atoms with Gasteiger partial charge in [-0.25, -0.2) is 13.6 Å². The van der Waals surface area contributed by atoms with Gasteiger partial charge < -0.3 is 15.2 Å². The van der Waals surface area contributed by atoms with Crippen LogP contribution < -0.4 is 10.1 Å². The van der Waals surface area contributed by atoms with Crippen LogP contribution in [0.25, 0.3) is 5.52 Å². The lowest BCUT2D eigenvalue weighted by atomic mass is 10.1. The van der Waals surface area contributed by atoms with E-state index >= 15 is 0 Å². The van der Waals surface area contributed by atoms with Crippen molar-refractivity contribution >= 4 is 17.4 Å². The molecule has 0 saturated heterocycles. The third kappa shape index (κ3) is 4.35. The highest BCUT2D eigenvalue weighted by Gasteiger charge is 2.24. The Bertz CT molecular complexity index is 926. The van der Waals surface area contributed by atoms with Crippen LogP contribution in [-0.4, -0.2) is 44.8 Å². The van der Waals surface area contributed by atoms with Crippen LogP contribution in [0, 0.1) is 0 Å². The van der Waals surface area contributed by atoms with E-state index in [1.165, 1.54) is 41.2 Å². The maximum absolute atomic E-state index is 12.4. The Balaban J connectivity index is 1.75. The molecule has 0 spiro atoms. The van der Waals surface area contributed by atoms with Gasteiger partial charge in [-0.15, -0.1) is 5.10 Å². The Kier molecular flexibility index (Phi) is 5.25. The number of rotatable bonds is 7. The number of amides is 1. The van der Waals surface area contributed by atoms with Gasteiger partial charge in [0.25, 0.3) is 12.3 Å². The second kappa shape index (κ2) is 7.77. The minimum atomic E-state index is -2.62. The standard InChI is InChI=1S/C17H14F2N4O4/c18-14(19)9-27-12-5-3-10(4-6-12)15(17(25)26)21-16(24)13-8-11-2-1-7-20-23(11)22-13/h1-8,14-15H,9H2,(H,21,24)(H,25,26). The number of alkyl halides is 2. The molecule has 3 aromatic rings. The van der Waals surface area contributed by atoms with Crippen molar-refractivity contribution in [2.75, 3.05) is 6.61 Å². The van der Waals surface area contributed by atoms with Gasteiger partial charge in [0, 0.05) is 6.20 Å². The Morgan fingerprint density at radius 2 is 1.96 bits per heavy atom. The first-order chi connectivity index (χ1) is 12.9. The lowest BCUT2D eigenvalue weighted by Gasteiger charge is -2.15. The minimum absolute atomic E-state index is 0.0110. The van der Waals surface area contributed by atoms with Crippen LogP contribution in [0.5, 0.6) is 5.75 Å². The molecule has 0 aliphatic carbocycles. The molecule has 1 unspecified atom stereocenters. The zero-order chi connectivity index (χ0) is 19.4. The molecule has 27 heavy (non-hydrogen) atoms. The zero-order valence-corrected chi connectivity index (χ0v) is 13.8. The maximum Gasteiger partial charge on any atom is 0.330 e. The summed E-state index contributed by atoms with van der Waals surface area (Å²) in [5.74, 6) is -1.81. The summed E-state index contributed by atoms with van der Waals surface area (Å²) in [6, 6.07) is 8.97. The highest BCUT2D eigenvalue weighted by molar-refractivity contribution is 5.96. The van der Waals surface area contributed by atoms with Crippen molar-refractivity contribution in [3.8, 4) is 5.75 Å². The summed E-state index contributed by atoms with van der Waals surface area (Å²) in [7, 11) is 0. The molecule has 0 radical (unpaired) electrons. The molecule has 0 saturated carbocycles. The van der Waals surface area contributed by atoms with Crippen LogP contribution in [0.1, 0.15) is 22.1 Å². The average molecular weight is 376 g/mol. The zero-order valence-electron chi connectivity index (χ0n) is 13.8. The van der Waals surface area contributed by atoms with Crippen molar-refractivity contribution in [2.24, 2.45) is 0 Å². The number of hydrogen-bond acceptors (Lipinski definition) is 5. The molecule has 0 aliphatic heterocycles. The molecule has 0 aliphatic rings. The molecule has 1 amide bonds. The molecular weight excluding hydrogens is 362 g/mol. The number of fused-ring (bicyclic) bond motifs is 1. The van der Waals surface area contributed by atoms with E-state index in [2.05, 4.69) is 15.5 Å². The van der Waals surface area contributed by atoms with E-state index in [0.717, 1.165) is 0 Å². The van der Waals surface area contributed by atoms with Crippen LogP contribution in [0.2, 0.25) is 0 Å². The molecule has 0 fully saturated rings. The number of ether oxygens (including phenoxy) is 1. The van der Waals surface area contributed by atoms with Gasteiger partial charge >= 0.3 is 5.97 Å². The molecule has 1 atom stereocenters. The lowest BCUT2D eigenvalue weighted by Crippen LogP contribution is -2.34. The molecule has 8 nitrogen and oxygen atoms in total. The third-order valence-corrected chi connectivity index (χ3v) is 3.59. The summed E-state index contributed by atoms with van der Waals surface area (Å²) in [4.78, 5) is 23.9. The topological polar surface area (TPSA) is 106 Å². The fourth-order valence-corrected chi connectivity index (χ4v) is 2.36. The van der Waals surface area contributed by atoms with E-state index in [1.807, 2.05) is 0 Å². The fourth-order valence-electron chi connectivity index (χ4n) is 2.36. The van der Waals surface area contributed by atoms with Gasteiger partial charge in [-0.05, 0) is 35.9 Å². The molecule has 2 N–H and O–H groups in total. The van der Waals surface area contributed by atoms with Gasteiger partial charge in [-0.1, -0.05) is 12.1 Å². The summed E-state index contributed by atoms with van der Waals surface area (Å²) in [6.07, 6.45) is -1.12. The van der Waals surface area contributed by atoms with Crippen molar-refractivity contribution in [1.82, 2.24) is 20.1 Å². The lowest BCUT2D eigenvalue weighted by molar-refractivity contribution is -0.139. The molecule has 140 valence electrons. The van der Waals surface area contributed by atoms with Gasteiger partial charge in [-0.3, -0.25) is 4.79 Å². The van der Waals surface area contributed by atoms with Crippen LogP contribution in [-0.2, 0) is 4.79 Å². The Hall–Kier alpha value is -3.56. The molecular formula is C17H14F2N4O4. The molecule has 0 bridgehead atoms. The molecule has 3 rings (SSSR count). The van der Waals surface area contributed by atoms with Gasteiger partial charge in [0.05, 0.1) is 5.52 Å². The number of nitrogens with zero attached hydrogens (tertiary/aromatic N) is 3. The maximum atomic E-state index is 12.4. The summed E-state index contributed by atoms with van der Waals surface area (Å²) in [5, 5.41) is 19.7. The molecule has 2 aromatic heterocycles. The first kappa shape index (κ1) is 18.2. The second-order valence-corrected chi connectivity index (χ2v) is 5.48. The fraction of sp³-hybridized carbons (Fsp3) is 0.176. The predicted molar refractivity (Wildman–Crippen MR) is 88.8 cm³/mol. The van der Waals surface area contributed by atoms with Crippen LogP contribution in [0.4, 0.5) is 8.78 Å². The van der Waals surface area contributed by atoms with E-state index in [9.17, 15) is 23.5 Å². The van der Waals surface area contributed by atoms with Gasteiger partial charge in [-0.2, -0.15) is 9.73 Å². The number of carboxylic acids is 1. The second-order valence-electron chi connectivity index (χ2n) is 5.48. The minimum Gasteiger partial charge on any atom is -0.488 e. The largest absolute Gasteiger partial charge is 0.488 e. The predicted octanol–water partition coefficient (Wildman–Crippen LogP) is 1.93. The van der Waals surface area contributed by atoms with E-state index in [-0.39, 0.29) is 17.0 Å². The van der Waals surface area contributed by atoms with E-state index in [4.69, 9.17) is 4.74 Å². The smallest absolute Gasteiger partial charge is 0.330 e. The summed E-state index contributed by atoms with van der Waals surface area (Å²) >= 11 is 0. The van der Waals surface area contributed by atoms with Crippen molar-refractivity contribution in [3.05, 3.63) is 59.9 Å². The molecule has 2 heterocycles. The number of aliphatic carboxylic acids is 1. The Labute approximate surface area is 151 Å². The van der Waals surface area contributed by atoms with Crippen molar-refractivity contribution in [2.45, 2.75) is 12.5 Å². The highest BCUT2D eigenvalue weighted by Crippen LogP contribution is 2.19. The number of carbonyl (C=O) groups is 2. The van der Waals surface area contributed by atoms with Crippen molar-refractivity contribution in [3.63, 3.8) is 0 Å². The summed E-state index contributed by atoms with van der Waals surface area (Å²) < 4.78 is 30.4. The number of aromatic nitrogens is 3. The third-order valence-electron chi connectivity index (χ3n) is 3.59. The van der Waals surface area contributed by atoms with Crippen molar-refractivity contribution in [1.29, 1.82) is 0 Å². The number of hydrogen-bond donors (Lipinski definition) is 2. The number of nitrogens with one attached hydrogen (secondary N) is 1. The van der Waals surface area contributed by atoms with Crippen LogP contribution >= 0.6 is 0 Å². The number of benzene rings is 1. The monoisotopic (exact) mass is 376 g/mol. The highest BCUT2D eigenvalue weighted by atomic mass is 19.3. The van der Waals surface area contributed by atoms with Crippen LogP contribution in [0.15, 0.2) is 48.7 Å². The van der Waals surface area contributed by atoms with Gasteiger partial charge in [0.1, 0.15) is 12.4 Å². The molecule has 1 aromatic carbocycles. The first-order valence-corrected chi connectivity index (χ1v) is 7.79. The quantitative estimate of drug-likeness (QED) is 0.653. The summed E-state index contributed by atoms with van der Waals surface area (Å²) in [6.45, 7) is -0.764. The van der Waals surface area contributed by atoms with E-state index in [1.54, 1.807) is 12.1 Å². The van der Waals surface area contributed by atoms with Gasteiger partial charge in [0.15, 0.2) is 11.7 Å². The number of carboxylic acid groups (broad SMARTS) is 1. The van der Waals surface area contributed by atoms with Gasteiger partial charge in [0.2, 0.25) is 0 Å². The Morgan fingerprint density at radius 3 is 2.59 bits per heavy atom. The normalized spacial score (nSPS) is 12.1. The number of halogens is 2. The average Bonchev–Trinajstić information content (AvgIpc) is 3.09. The van der Waals surface area contributed by atoms with E-state index in [0.29, 0.717) is 5.52 Å². The van der Waals surface area contributed by atoms with Crippen LogP contribution in [0.3, 0.4) is 0 Å². The van der Waals surface area contributed by atoms with E-state index < -0.39 is 31.0 Å². The molecule has 10 heteroatoms. The SMILES string of the molecule is O=C(NC(C(=O)O)c1ccc(OCC(F)F)cc1)c1cc2cccnn2n1. The first-order valence-electron chi connectivity index (χ1n) is 7.79. The Morgan fingerprint density at radius 1 is 1.22 bits per heavy atom.